The molecule has 3 rings (SSSR count). The molecule has 1 saturated heterocycles. The van der Waals surface area contributed by atoms with E-state index in [1.165, 1.54) is 50.3 Å². The van der Waals surface area contributed by atoms with E-state index >= 15 is 0 Å². The van der Waals surface area contributed by atoms with Crippen LogP contribution in [0.3, 0.4) is 0 Å². The molecule has 0 saturated carbocycles. The molecular weight excluding hydrogens is 328 g/mol. The molecule has 0 amide bonds. The molecular formula is C17H25BrN2O. The second-order valence-corrected chi connectivity index (χ2v) is 7.03. The van der Waals surface area contributed by atoms with Gasteiger partial charge in [-0.05, 0) is 38.1 Å². The van der Waals surface area contributed by atoms with Crippen molar-refractivity contribution in [2.75, 3.05) is 44.6 Å². The maximum absolute atomic E-state index is 6.12. The van der Waals surface area contributed by atoms with Crippen molar-refractivity contribution in [1.82, 2.24) is 9.80 Å². The Morgan fingerprint density at radius 1 is 1.19 bits per heavy atom. The Balaban J connectivity index is 1.52. The Hall–Kier alpha value is -0.580. The number of benzene rings is 1. The molecule has 1 fully saturated rings. The van der Waals surface area contributed by atoms with E-state index in [-0.39, 0.29) is 0 Å². The Bertz CT molecular complexity index is 480. The third-order valence-electron chi connectivity index (χ3n) is 4.50. The fourth-order valence-electron chi connectivity index (χ4n) is 3.39. The number of hydrogen-bond acceptors (Lipinski definition) is 3. The van der Waals surface area contributed by atoms with Crippen LogP contribution in [-0.4, -0.2) is 60.5 Å². The van der Waals surface area contributed by atoms with Gasteiger partial charge in [-0.3, -0.25) is 4.90 Å². The Morgan fingerprint density at radius 3 is 2.86 bits per heavy atom. The van der Waals surface area contributed by atoms with Gasteiger partial charge < -0.3 is 9.64 Å². The summed E-state index contributed by atoms with van der Waals surface area (Å²) in [6.07, 6.45) is 2.68. The van der Waals surface area contributed by atoms with E-state index in [2.05, 4.69) is 50.9 Å². The first kappa shape index (κ1) is 15.3. The van der Waals surface area contributed by atoms with Gasteiger partial charge in [0.25, 0.3) is 0 Å². The highest BCUT2D eigenvalue weighted by Gasteiger charge is 2.25. The van der Waals surface area contributed by atoms with Crippen LogP contribution in [0.5, 0.6) is 5.75 Å². The smallest absolute Gasteiger partial charge is 0.123 e. The van der Waals surface area contributed by atoms with Crippen LogP contribution in [0.1, 0.15) is 17.5 Å². The van der Waals surface area contributed by atoms with Crippen molar-refractivity contribution >= 4 is 15.9 Å². The minimum atomic E-state index is 0.338. The van der Waals surface area contributed by atoms with Gasteiger partial charge in [0.1, 0.15) is 11.9 Å². The van der Waals surface area contributed by atoms with Gasteiger partial charge in [-0.2, -0.15) is 0 Å². The van der Waals surface area contributed by atoms with Crippen LogP contribution in [0, 0.1) is 6.92 Å². The second-order valence-electron chi connectivity index (χ2n) is 6.24. The summed E-state index contributed by atoms with van der Waals surface area (Å²) in [4.78, 5) is 5.14. The molecule has 0 bridgehead atoms. The van der Waals surface area contributed by atoms with Crippen LogP contribution >= 0.6 is 15.9 Å². The average Bonchev–Trinajstić information content (AvgIpc) is 2.72. The number of halogens is 1. The molecule has 2 aliphatic heterocycles. The summed E-state index contributed by atoms with van der Waals surface area (Å²) < 4.78 is 6.12. The first-order valence-corrected chi connectivity index (χ1v) is 9.13. The minimum Gasteiger partial charge on any atom is -0.488 e. The van der Waals surface area contributed by atoms with Crippen LogP contribution in [0.15, 0.2) is 18.2 Å². The number of aryl methyl sites for hydroxylation is 1. The van der Waals surface area contributed by atoms with Gasteiger partial charge in [-0.15, -0.1) is 0 Å². The summed E-state index contributed by atoms with van der Waals surface area (Å²) in [7, 11) is 0. The summed E-state index contributed by atoms with van der Waals surface area (Å²) in [5.74, 6) is 1.10. The lowest BCUT2D eigenvalue weighted by Crippen LogP contribution is -2.37. The number of hydrogen-bond donors (Lipinski definition) is 0. The highest BCUT2D eigenvalue weighted by molar-refractivity contribution is 9.09. The number of rotatable bonds is 4. The molecule has 116 valence electrons. The lowest BCUT2D eigenvalue weighted by atomic mass is 10.1. The molecule has 4 heteroatoms. The first-order chi connectivity index (χ1) is 10.2. The van der Waals surface area contributed by atoms with Crippen LogP contribution in [-0.2, 0) is 6.42 Å². The van der Waals surface area contributed by atoms with Crippen molar-refractivity contribution in [1.29, 1.82) is 0 Å². The molecule has 21 heavy (non-hydrogen) atoms. The Labute approximate surface area is 136 Å². The van der Waals surface area contributed by atoms with E-state index in [9.17, 15) is 0 Å². The van der Waals surface area contributed by atoms with Gasteiger partial charge >= 0.3 is 0 Å². The van der Waals surface area contributed by atoms with Crippen LogP contribution in [0.25, 0.3) is 0 Å². The molecule has 1 atom stereocenters. The van der Waals surface area contributed by atoms with Crippen molar-refractivity contribution in [3.8, 4) is 5.75 Å². The summed E-state index contributed by atoms with van der Waals surface area (Å²) >= 11 is 3.54. The quantitative estimate of drug-likeness (QED) is 0.774. The Kier molecular flexibility index (Phi) is 5.19. The molecule has 0 radical (unpaired) electrons. The topological polar surface area (TPSA) is 15.7 Å². The standard InChI is InChI=1S/C17H25BrN2O/c1-14-3-4-17-15(11-14)12-16(21-17)13-20-7-2-6-19(8-5-18)9-10-20/h3-4,11,16H,2,5-10,12-13H2,1H3. The molecule has 3 nitrogen and oxygen atoms in total. The monoisotopic (exact) mass is 352 g/mol. The maximum Gasteiger partial charge on any atom is 0.123 e. The normalized spacial score (nSPS) is 23.6. The van der Waals surface area contributed by atoms with Gasteiger partial charge in [0.15, 0.2) is 0 Å². The summed E-state index contributed by atoms with van der Waals surface area (Å²) in [5.41, 5.74) is 2.72. The van der Waals surface area contributed by atoms with E-state index in [4.69, 9.17) is 4.74 Å². The van der Waals surface area contributed by atoms with Crippen molar-refractivity contribution in [3.05, 3.63) is 29.3 Å². The molecule has 1 aromatic carbocycles. The fourth-order valence-corrected chi connectivity index (χ4v) is 3.89. The van der Waals surface area contributed by atoms with Gasteiger partial charge in [0, 0.05) is 37.9 Å². The predicted molar refractivity (Wildman–Crippen MR) is 90.6 cm³/mol. The molecule has 0 aromatic heterocycles. The highest BCUT2D eigenvalue weighted by atomic mass is 79.9. The van der Waals surface area contributed by atoms with E-state index in [1.54, 1.807) is 0 Å². The summed E-state index contributed by atoms with van der Waals surface area (Å²) in [6, 6.07) is 6.55. The largest absolute Gasteiger partial charge is 0.488 e. The van der Waals surface area contributed by atoms with Gasteiger partial charge in [-0.1, -0.05) is 33.6 Å². The zero-order chi connectivity index (χ0) is 14.7. The number of ether oxygens (including phenoxy) is 1. The lowest BCUT2D eigenvalue weighted by Gasteiger charge is -2.24. The SMILES string of the molecule is Cc1ccc2c(c1)CC(CN1CCCN(CCBr)CC1)O2. The van der Waals surface area contributed by atoms with Crippen molar-refractivity contribution in [2.24, 2.45) is 0 Å². The van der Waals surface area contributed by atoms with E-state index in [0.717, 1.165) is 24.0 Å². The van der Waals surface area contributed by atoms with Crippen LogP contribution in [0.4, 0.5) is 0 Å². The average molecular weight is 353 g/mol. The van der Waals surface area contributed by atoms with E-state index in [1.807, 2.05) is 0 Å². The molecule has 0 N–H and O–H groups in total. The molecule has 1 aromatic rings. The molecule has 2 heterocycles. The summed E-state index contributed by atoms with van der Waals surface area (Å²) in [5, 5.41) is 1.08. The molecule has 2 aliphatic rings. The van der Waals surface area contributed by atoms with Crippen molar-refractivity contribution < 1.29 is 4.74 Å². The number of fused-ring (bicyclic) bond motifs is 1. The Morgan fingerprint density at radius 2 is 2.00 bits per heavy atom. The predicted octanol–water partition coefficient (Wildman–Crippen LogP) is 2.70. The van der Waals surface area contributed by atoms with Gasteiger partial charge in [-0.25, -0.2) is 0 Å². The molecule has 0 aliphatic carbocycles. The van der Waals surface area contributed by atoms with E-state index < -0.39 is 0 Å². The molecule has 0 spiro atoms. The van der Waals surface area contributed by atoms with Gasteiger partial charge in [0.2, 0.25) is 0 Å². The van der Waals surface area contributed by atoms with Crippen molar-refractivity contribution in [2.45, 2.75) is 25.9 Å². The van der Waals surface area contributed by atoms with Gasteiger partial charge in [0.05, 0.1) is 0 Å². The third-order valence-corrected chi connectivity index (χ3v) is 4.86. The molecule has 1 unspecified atom stereocenters. The summed E-state index contributed by atoms with van der Waals surface area (Å²) in [6.45, 7) is 9.17. The van der Waals surface area contributed by atoms with Crippen LogP contribution in [0.2, 0.25) is 0 Å². The maximum atomic E-state index is 6.12. The minimum absolute atomic E-state index is 0.338. The first-order valence-electron chi connectivity index (χ1n) is 8.01. The van der Waals surface area contributed by atoms with Crippen molar-refractivity contribution in [3.63, 3.8) is 0 Å². The van der Waals surface area contributed by atoms with Crippen LogP contribution < -0.4 is 4.74 Å². The number of alkyl halides is 1. The second kappa shape index (κ2) is 7.12. The lowest BCUT2D eigenvalue weighted by molar-refractivity contribution is 0.152. The number of nitrogens with zero attached hydrogens (tertiary/aromatic N) is 2. The zero-order valence-corrected chi connectivity index (χ0v) is 14.4. The zero-order valence-electron chi connectivity index (χ0n) is 12.9. The van der Waals surface area contributed by atoms with E-state index in [0.29, 0.717) is 6.10 Å². The fraction of sp³-hybridized carbons (Fsp3) is 0.647. The third kappa shape index (κ3) is 3.99. The highest BCUT2D eigenvalue weighted by Crippen LogP contribution is 2.29.